The zero-order chi connectivity index (χ0) is 16.8. The third-order valence-corrected chi connectivity index (χ3v) is 8.80. The molecule has 0 spiro atoms. The quantitative estimate of drug-likeness (QED) is 0.596. The molecule has 0 N–H and O–H groups in total. The third-order valence-electron chi connectivity index (χ3n) is 8.80. The van der Waals surface area contributed by atoms with Gasteiger partial charge in [-0.3, -0.25) is 0 Å². The van der Waals surface area contributed by atoms with E-state index >= 15 is 0 Å². The molecule has 0 bridgehead atoms. The van der Waals surface area contributed by atoms with Crippen LogP contribution in [0.5, 0.6) is 0 Å². The molecule has 3 rings (SSSR count). The second kappa shape index (κ2) is 6.21. The molecule has 0 aromatic rings. The lowest BCUT2D eigenvalue weighted by atomic mass is 9.47. The van der Waals surface area contributed by atoms with Crippen LogP contribution >= 0.6 is 0 Å². The predicted octanol–water partition coefficient (Wildman–Crippen LogP) is 5.76. The first-order valence-corrected chi connectivity index (χ1v) is 10.1. The van der Waals surface area contributed by atoms with E-state index in [2.05, 4.69) is 52.4 Å². The molecule has 7 atom stereocenters. The highest BCUT2D eigenvalue weighted by atomic mass is 15.1. The van der Waals surface area contributed by atoms with Crippen LogP contribution in [-0.4, -0.2) is 25.0 Å². The highest BCUT2D eigenvalue weighted by molar-refractivity contribution is 5.09. The Labute approximate surface area is 144 Å². The number of allylic oxidation sites excluding steroid dienone is 1. The van der Waals surface area contributed by atoms with Gasteiger partial charge >= 0.3 is 0 Å². The van der Waals surface area contributed by atoms with Crippen molar-refractivity contribution in [2.75, 3.05) is 14.1 Å². The molecule has 7 unspecified atom stereocenters. The van der Waals surface area contributed by atoms with Gasteiger partial charge in [0.15, 0.2) is 0 Å². The number of rotatable bonds is 4. The molecule has 0 amide bonds. The lowest BCUT2D eigenvalue weighted by molar-refractivity contribution is -0.103. The van der Waals surface area contributed by atoms with Gasteiger partial charge in [0.05, 0.1) is 0 Å². The Kier molecular flexibility index (Phi) is 4.73. The van der Waals surface area contributed by atoms with E-state index in [1.54, 1.807) is 0 Å². The van der Waals surface area contributed by atoms with Crippen molar-refractivity contribution < 1.29 is 0 Å². The van der Waals surface area contributed by atoms with Gasteiger partial charge in [0.1, 0.15) is 0 Å². The Morgan fingerprint density at radius 3 is 2.43 bits per heavy atom. The molecule has 1 heteroatoms. The van der Waals surface area contributed by atoms with Gasteiger partial charge in [-0.1, -0.05) is 26.8 Å². The van der Waals surface area contributed by atoms with Gasteiger partial charge in [-0.15, -0.1) is 6.58 Å². The minimum absolute atomic E-state index is 0.480. The van der Waals surface area contributed by atoms with E-state index < -0.39 is 0 Å². The van der Waals surface area contributed by atoms with Crippen molar-refractivity contribution in [3.8, 4) is 0 Å². The highest BCUT2D eigenvalue weighted by Crippen LogP contribution is 2.65. The number of hydrogen-bond acceptors (Lipinski definition) is 1. The molecular formula is C22H39N. The maximum Gasteiger partial charge on any atom is 0.0146 e. The second-order valence-corrected chi connectivity index (χ2v) is 9.79. The fourth-order valence-corrected chi connectivity index (χ4v) is 7.31. The third kappa shape index (κ3) is 2.62. The van der Waals surface area contributed by atoms with E-state index in [-0.39, 0.29) is 0 Å². The van der Waals surface area contributed by atoms with Crippen molar-refractivity contribution in [2.24, 2.45) is 34.5 Å². The summed E-state index contributed by atoms with van der Waals surface area (Å²) in [5.41, 5.74) is 1.12. The summed E-state index contributed by atoms with van der Waals surface area (Å²) in [5.74, 6) is 3.87. The molecule has 3 fully saturated rings. The number of hydrogen-bond donors (Lipinski definition) is 0. The van der Waals surface area contributed by atoms with E-state index in [1.165, 1.54) is 51.4 Å². The first-order chi connectivity index (χ1) is 10.8. The molecule has 1 nitrogen and oxygen atoms in total. The number of fused-ring (bicyclic) bond motifs is 3. The van der Waals surface area contributed by atoms with Gasteiger partial charge in [0.2, 0.25) is 0 Å². The van der Waals surface area contributed by atoms with Gasteiger partial charge < -0.3 is 4.90 Å². The highest BCUT2D eigenvalue weighted by Gasteiger charge is 2.58. The summed E-state index contributed by atoms with van der Waals surface area (Å²) in [6.07, 6.45) is 13.5. The Bertz CT molecular complexity index is 441. The van der Waals surface area contributed by atoms with Crippen LogP contribution in [-0.2, 0) is 0 Å². The van der Waals surface area contributed by atoms with Crippen molar-refractivity contribution in [1.82, 2.24) is 4.90 Å². The van der Waals surface area contributed by atoms with Crippen molar-refractivity contribution in [2.45, 2.75) is 78.2 Å². The fraction of sp³-hybridized carbons (Fsp3) is 0.909. The Balaban J connectivity index is 1.90. The van der Waals surface area contributed by atoms with Gasteiger partial charge in [-0.25, -0.2) is 0 Å². The van der Waals surface area contributed by atoms with E-state index in [0.717, 1.165) is 29.7 Å². The molecule has 0 heterocycles. The summed E-state index contributed by atoms with van der Waals surface area (Å²) in [5, 5.41) is 0. The van der Waals surface area contributed by atoms with Gasteiger partial charge in [-0.2, -0.15) is 0 Å². The topological polar surface area (TPSA) is 3.24 Å². The zero-order valence-electron chi connectivity index (χ0n) is 16.3. The normalized spacial score (nSPS) is 49.7. The molecule has 3 aliphatic carbocycles. The summed E-state index contributed by atoms with van der Waals surface area (Å²) in [6.45, 7) is 11.8. The Morgan fingerprint density at radius 2 is 1.78 bits per heavy atom. The maximum atomic E-state index is 4.01. The monoisotopic (exact) mass is 317 g/mol. The van der Waals surface area contributed by atoms with Crippen LogP contribution < -0.4 is 0 Å². The standard InChI is InChI=1S/C22H39N/c1-7-8-14-22(4)19-13-15-21(3)16(2)9-11-18(21)17(19)10-12-20(22)23(5)6/h7,16-20H,1,8-15H2,2-6H3. The SMILES string of the molecule is C=CCCC1(C)C2CCC3(C)C(C)CCC3C2CCC1N(C)C. The molecular weight excluding hydrogens is 278 g/mol. The first kappa shape index (κ1) is 17.5. The van der Waals surface area contributed by atoms with Crippen molar-refractivity contribution >= 4 is 0 Å². The minimum atomic E-state index is 0.480. The maximum absolute atomic E-state index is 4.01. The molecule has 0 radical (unpaired) electrons. The largest absolute Gasteiger partial charge is 0.306 e. The molecule has 3 saturated carbocycles. The van der Waals surface area contributed by atoms with Gasteiger partial charge in [-0.05, 0) is 100.0 Å². The summed E-state index contributed by atoms with van der Waals surface area (Å²) >= 11 is 0. The van der Waals surface area contributed by atoms with Gasteiger partial charge in [0, 0.05) is 6.04 Å². The van der Waals surface area contributed by atoms with E-state index in [9.17, 15) is 0 Å². The van der Waals surface area contributed by atoms with Crippen LogP contribution in [0, 0.1) is 34.5 Å². The predicted molar refractivity (Wildman–Crippen MR) is 100 cm³/mol. The molecule has 0 aliphatic heterocycles. The van der Waals surface area contributed by atoms with Crippen LogP contribution in [0.4, 0.5) is 0 Å². The molecule has 0 saturated heterocycles. The van der Waals surface area contributed by atoms with Crippen LogP contribution in [0.3, 0.4) is 0 Å². The van der Waals surface area contributed by atoms with E-state index in [4.69, 9.17) is 0 Å². The summed E-state index contributed by atoms with van der Waals surface area (Å²) in [6, 6.07) is 0.756. The van der Waals surface area contributed by atoms with Crippen LogP contribution in [0.1, 0.15) is 72.1 Å². The Morgan fingerprint density at radius 1 is 1.04 bits per heavy atom. The van der Waals surface area contributed by atoms with Crippen LogP contribution in [0.2, 0.25) is 0 Å². The van der Waals surface area contributed by atoms with E-state index in [0.29, 0.717) is 10.8 Å². The number of nitrogens with zero attached hydrogens (tertiary/aromatic N) is 1. The molecule has 132 valence electrons. The molecule has 3 aliphatic rings. The minimum Gasteiger partial charge on any atom is -0.306 e. The van der Waals surface area contributed by atoms with Crippen LogP contribution in [0.25, 0.3) is 0 Å². The summed E-state index contributed by atoms with van der Waals surface area (Å²) in [4.78, 5) is 2.53. The average Bonchev–Trinajstić information content (AvgIpc) is 2.81. The lowest BCUT2D eigenvalue weighted by Gasteiger charge is -2.60. The second-order valence-electron chi connectivity index (χ2n) is 9.79. The molecule has 0 aromatic heterocycles. The molecule has 0 aromatic carbocycles. The van der Waals surface area contributed by atoms with E-state index in [1.807, 2.05) is 0 Å². The molecule has 23 heavy (non-hydrogen) atoms. The Hall–Kier alpha value is -0.300. The summed E-state index contributed by atoms with van der Waals surface area (Å²) < 4.78 is 0. The fourth-order valence-electron chi connectivity index (χ4n) is 7.31. The van der Waals surface area contributed by atoms with Gasteiger partial charge in [0.25, 0.3) is 0 Å². The smallest absolute Gasteiger partial charge is 0.0146 e. The summed E-state index contributed by atoms with van der Waals surface area (Å²) in [7, 11) is 4.61. The van der Waals surface area contributed by atoms with Crippen molar-refractivity contribution in [3.63, 3.8) is 0 Å². The van der Waals surface area contributed by atoms with Crippen molar-refractivity contribution in [3.05, 3.63) is 12.7 Å². The van der Waals surface area contributed by atoms with Crippen LogP contribution in [0.15, 0.2) is 12.7 Å². The van der Waals surface area contributed by atoms with Crippen molar-refractivity contribution in [1.29, 1.82) is 0 Å². The average molecular weight is 318 g/mol. The zero-order valence-corrected chi connectivity index (χ0v) is 16.3. The lowest BCUT2D eigenvalue weighted by Crippen LogP contribution is -2.57. The first-order valence-electron chi connectivity index (χ1n) is 10.1.